The van der Waals surface area contributed by atoms with Gasteiger partial charge in [-0.15, -0.1) is 11.3 Å². The van der Waals surface area contributed by atoms with Crippen LogP contribution in [0.2, 0.25) is 0 Å². The number of rotatable bonds is 5. The fourth-order valence-corrected chi connectivity index (χ4v) is 8.97. The molecule has 0 saturated carbocycles. The van der Waals surface area contributed by atoms with Crippen molar-refractivity contribution < 1.29 is 4.42 Å². The molecular formula is C49H29N3OS. The first-order valence-corrected chi connectivity index (χ1v) is 18.8. The summed E-state index contributed by atoms with van der Waals surface area (Å²) in [6, 6.07) is 61.4. The summed E-state index contributed by atoms with van der Waals surface area (Å²) in [5, 5.41) is 6.59. The number of benzene rings is 8. The first-order chi connectivity index (χ1) is 26.8. The third kappa shape index (κ3) is 4.94. The van der Waals surface area contributed by atoms with Gasteiger partial charge in [-0.25, -0.2) is 15.0 Å². The number of aromatic nitrogens is 3. The van der Waals surface area contributed by atoms with Crippen LogP contribution in [0.4, 0.5) is 0 Å². The molecule has 54 heavy (non-hydrogen) atoms. The van der Waals surface area contributed by atoms with E-state index in [1.165, 1.54) is 14.8 Å². The van der Waals surface area contributed by atoms with Crippen molar-refractivity contribution in [3.8, 4) is 56.4 Å². The summed E-state index contributed by atoms with van der Waals surface area (Å²) in [4.78, 5) is 15.8. The minimum absolute atomic E-state index is 0.599. The minimum atomic E-state index is 0.599. The molecule has 0 unspecified atom stereocenters. The number of nitrogens with zero attached hydrogens (tertiary/aromatic N) is 3. The Balaban J connectivity index is 1.18. The lowest BCUT2D eigenvalue weighted by atomic mass is 9.94. The molecule has 5 heteroatoms. The zero-order valence-corrected chi connectivity index (χ0v) is 29.7. The van der Waals surface area contributed by atoms with E-state index in [0.717, 1.165) is 77.0 Å². The zero-order valence-electron chi connectivity index (χ0n) is 28.9. The van der Waals surface area contributed by atoms with Gasteiger partial charge >= 0.3 is 0 Å². The van der Waals surface area contributed by atoms with E-state index in [1.54, 1.807) is 11.3 Å². The fraction of sp³-hybridized carbons (Fsp3) is 0. The van der Waals surface area contributed by atoms with Gasteiger partial charge in [-0.05, 0) is 51.9 Å². The van der Waals surface area contributed by atoms with Crippen LogP contribution in [0.25, 0.3) is 109 Å². The molecule has 0 aliphatic rings. The van der Waals surface area contributed by atoms with E-state index in [0.29, 0.717) is 17.5 Å². The highest BCUT2D eigenvalue weighted by Crippen LogP contribution is 2.44. The second kappa shape index (κ2) is 12.3. The first-order valence-electron chi connectivity index (χ1n) is 18.0. The van der Waals surface area contributed by atoms with Crippen molar-refractivity contribution in [1.82, 2.24) is 15.0 Å². The highest BCUT2D eigenvalue weighted by atomic mass is 32.1. The van der Waals surface area contributed by atoms with E-state index >= 15 is 0 Å². The monoisotopic (exact) mass is 707 g/mol. The molecule has 0 N–H and O–H groups in total. The van der Waals surface area contributed by atoms with Crippen molar-refractivity contribution in [2.24, 2.45) is 0 Å². The van der Waals surface area contributed by atoms with Gasteiger partial charge in [-0.1, -0.05) is 152 Å². The minimum Gasteiger partial charge on any atom is -0.455 e. The third-order valence-corrected chi connectivity index (χ3v) is 11.5. The number of hydrogen-bond donors (Lipinski definition) is 0. The lowest BCUT2D eigenvalue weighted by Gasteiger charge is -2.11. The van der Waals surface area contributed by atoms with Crippen molar-refractivity contribution >= 4 is 64.2 Å². The predicted molar refractivity (Wildman–Crippen MR) is 225 cm³/mol. The van der Waals surface area contributed by atoms with Gasteiger partial charge in [0.25, 0.3) is 0 Å². The van der Waals surface area contributed by atoms with E-state index in [-0.39, 0.29) is 0 Å². The van der Waals surface area contributed by atoms with Crippen molar-refractivity contribution in [3.05, 3.63) is 176 Å². The van der Waals surface area contributed by atoms with Gasteiger partial charge in [-0.2, -0.15) is 0 Å². The molecule has 0 saturated heterocycles. The molecular weight excluding hydrogens is 679 g/mol. The second-order valence-corrected chi connectivity index (χ2v) is 14.6. The standard InChI is InChI=1S/C49H29N3OS/c1-3-13-30(14-4-1)31-25-27-33(28-26-31)47-50-48(52-49(51-47)38-21-12-24-43-45(38)36-19-9-10-23-42(36)54-43)37-20-11-22-41-44(37)40-29-39(32-15-5-2-6-16-32)34-17-7-8-18-35(34)46(40)53-41/h1-29H. The van der Waals surface area contributed by atoms with Crippen molar-refractivity contribution in [3.63, 3.8) is 0 Å². The molecule has 252 valence electrons. The average Bonchev–Trinajstić information content (AvgIpc) is 3.83. The maximum atomic E-state index is 6.73. The molecule has 11 aromatic rings. The first kappa shape index (κ1) is 30.7. The Morgan fingerprint density at radius 2 is 0.907 bits per heavy atom. The van der Waals surface area contributed by atoms with Crippen LogP contribution in [0.3, 0.4) is 0 Å². The van der Waals surface area contributed by atoms with Crippen LogP contribution >= 0.6 is 11.3 Å². The summed E-state index contributed by atoms with van der Waals surface area (Å²) in [6.45, 7) is 0. The molecule has 8 aromatic carbocycles. The summed E-state index contributed by atoms with van der Waals surface area (Å²) in [5.74, 6) is 1.85. The third-order valence-electron chi connectivity index (χ3n) is 10.4. The summed E-state index contributed by atoms with van der Waals surface area (Å²) in [7, 11) is 0. The van der Waals surface area contributed by atoms with Crippen molar-refractivity contribution in [1.29, 1.82) is 0 Å². The van der Waals surface area contributed by atoms with E-state index in [2.05, 4.69) is 158 Å². The molecule has 0 bridgehead atoms. The van der Waals surface area contributed by atoms with E-state index in [1.807, 2.05) is 18.2 Å². The highest BCUT2D eigenvalue weighted by molar-refractivity contribution is 7.25. The summed E-state index contributed by atoms with van der Waals surface area (Å²) >= 11 is 1.79. The summed E-state index contributed by atoms with van der Waals surface area (Å²) < 4.78 is 9.17. The van der Waals surface area contributed by atoms with E-state index < -0.39 is 0 Å². The predicted octanol–water partition coefficient (Wildman–Crippen LogP) is 13.6. The second-order valence-electron chi connectivity index (χ2n) is 13.5. The van der Waals surface area contributed by atoms with Crippen LogP contribution in [0.1, 0.15) is 0 Å². The maximum absolute atomic E-state index is 6.73. The Hall–Kier alpha value is -6.95. The van der Waals surface area contributed by atoms with E-state index in [9.17, 15) is 0 Å². The fourth-order valence-electron chi connectivity index (χ4n) is 7.84. The number of furan rings is 1. The van der Waals surface area contributed by atoms with Crippen LogP contribution in [0, 0.1) is 0 Å². The SMILES string of the molecule is c1ccc(-c2ccc(-c3nc(-c4cccc5oc6c7ccccc7c(-c7ccccc7)cc6c45)nc(-c4cccc5sc6ccccc6c45)n3)cc2)cc1. The Kier molecular flexibility index (Phi) is 7.00. The molecule has 0 radical (unpaired) electrons. The largest absolute Gasteiger partial charge is 0.455 e. The zero-order chi connectivity index (χ0) is 35.6. The molecule has 0 spiro atoms. The topological polar surface area (TPSA) is 51.8 Å². The van der Waals surface area contributed by atoms with Crippen molar-refractivity contribution in [2.45, 2.75) is 0 Å². The van der Waals surface area contributed by atoms with Gasteiger partial charge in [0.15, 0.2) is 17.5 Å². The van der Waals surface area contributed by atoms with Crippen molar-refractivity contribution in [2.75, 3.05) is 0 Å². The molecule has 0 fully saturated rings. The van der Waals surface area contributed by atoms with Gasteiger partial charge in [0, 0.05) is 53.0 Å². The lowest BCUT2D eigenvalue weighted by Crippen LogP contribution is -2.00. The van der Waals surface area contributed by atoms with Crippen LogP contribution in [-0.4, -0.2) is 15.0 Å². The normalized spacial score (nSPS) is 11.7. The maximum Gasteiger partial charge on any atom is 0.164 e. The average molecular weight is 708 g/mol. The number of hydrogen-bond acceptors (Lipinski definition) is 5. The quantitative estimate of drug-likeness (QED) is 0.179. The van der Waals surface area contributed by atoms with Gasteiger partial charge in [0.05, 0.1) is 0 Å². The van der Waals surface area contributed by atoms with Crippen LogP contribution in [-0.2, 0) is 0 Å². The van der Waals surface area contributed by atoms with Gasteiger partial charge < -0.3 is 4.42 Å². The van der Waals surface area contributed by atoms with Gasteiger partial charge in [0.2, 0.25) is 0 Å². The number of fused-ring (bicyclic) bond motifs is 8. The van der Waals surface area contributed by atoms with Crippen LogP contribution in [0.5, 0.6) is 0 Å². The molecule has 11 rings (SSSR count). The Morgan fingerprint density at radius 3 is 1.67 bits per heavy atom. The van der Waals surface area contributed by atoms with E-state index in [4.69, 9.17) is 19.4 Å². The molecule has 0 aliphatic carbocycles. The smallest absolute Gasteiger partial charge is 0.164 e. The van der Waals surface area contributed by atoms with Crippen LogP contribution < -0.4 is 0 Å². The van der Waals surface area contributed by atoms with Crippen LogP contribution in [0.15, 0.2) is 180 Å². The Bertz CT molecular complexity index is 3200. The van der Waals surface area contributed by atoms with Gasteiger partial charge in [0.1, 0.15) is 11.2 Å². The molecule has 0 amide bonds. The Morgan fingerprint density at radius 1 is 0.352 bits per heavy atom. The summed E-state index contributed by atoms with van der Waals surface area (Å²) in [6.07, 6.45) is 0. The highest BCUT2D eigenvalue weighted by Gasteiger charge is 2.22. The number of thiophene rings is 1. The Labute approximate surface area is 314 Å². The van der Waals surface area contributed by atoms with Gasteiger partial charge in [-0.3, -0.25) is 0 Å². The molecule has 3 aromatic heterocycles. The molecule has 0 aliphatic heterocycles. The molecule has 3 heterocycles. The lowest BCUT2D eigenvalue weighted by molar-refractivity contribution is 0.673. The molecule has 4 nitrogen and oxygen atoms in total. The molecule has 0 atom stereocenters. The summed E-state index contributed by atoms with van der Waals surface area (Å²) in [5.41, 5.74) is 9.06.